The summed E-state index contributed by atoms with van der Waals surface area (Å²) in [5.41, 5.74) is 0. The molecule has 1 N–H and O–H groups in total. The summed E-state index contributed by atoms with van der Waals surface area (Å²) < 4.78 is 10.2. The Labute approximate surface area is 101 Å². The third kappa shape index (κ3) is 4.17. The minimum atomic E-state index is 0.245. The van der Waals surface area contributed by atoms with Crippen LogP contribution in [0.15, 0.2) is 11.6 Å². The average molecular weight is 244 g/mol. The first-order valence-electron chi connectivity index (χ1n) is 5.40. The van der Waals surface area contributed by atoms with Crippen molar-refractivity contribution in [3.05, 3.63) is 16.6 Å². The normalized spacial score (nSPS) is 14.9. The molecule has 0 bridgehead atoms. The smallest absolute Gasteiger partial charge is 0.110 e. The van der Waals surface area contributed by atoms with Crippen LogP contribution in [-0.2, 0) is 9.47 Å². The zero-order valence-corrected chi connectivity index (χ0v) is 10.9. The number of nitrogens with zero attached hydrogens (tertiary/aromatic N) is 1. The molecule has 0 fully saturated rings. The molecule has 2 atom stereocenters. The van der Waals surface area contributed by atoms with Gasteiger partial charge in [-0.25, -0.2) is 4.98 Å². The second-order valence-corrected chi connectivity index (χ2v) is 4.65. The van der Waals surface area contributed by atoms with Crippen molar-refractivity contribution < 1.29 is 9.47 Å². The van der Waals surface area contributed by atoms with E-state index in [1.54, 1.807) is 25.6 Å². The molecule has 1 aromatic heterocycles. The summed E-state index contributed by atoms with van der Waals surface area (Å²) in [5, 5.41) is 6.56. The van der Waals surface area contributed by atoms with Gasteiger partial charge in [0.2, 0.25) is 0 Å². The Bertz CT molecular complexity index is 267. The van der Waals surface area contributed by atoms with Crippen LogP contribution >= 0.6 is 11.3 Å². The number of ether oxygens (including phenoxy) is 2. The molecule has 0 aliphatic rings. The third-order valence-electron chi connectivity index (χ3n) is 2.39. The van der Waals surface area contributed by atoms with Gasteiger partial charge in [0, 0.05) is 38.3 Å². The lowest BCUT2D eigenvalue weighted by atomic mass is 10.0. The standard InChI is InChI=1S/C11H20N2O2S/c1-9(8-15-3)10(12-4-6-14-2)11-13-5-7-16-11/h5,7,9-10,12H,4,6,8H2,1-3H3. The highest BCUT2D eigenvalue weighted by molar-refractivity contribution is 7.09. The van der Waals surface area contributed by atoms with Crippen LogP contribution in [0.5, 0.6) is 0 Å². The predicted octanol–water partition coefficient (Wildman–Crippen LogP) is 1.70. The topological polar surface area (TPSA) is 43.4 Å². The molecule has 0 radical (unpaired) electrons. The van der Waals surface area contributed by atoms with Crippen LogP contribution in [-0.4, -0.2) is 39.0 Å². The van der Waals surface area contributed by atoms with E-state index in [4.69, 9.17) is 9.47 Å². The minimum absolute atomic E-state index is 0.245. The quantitative estimate of drug-likeness (QED) is 0.707. The first kappa shape index (κ1) is 13.6. The van der Waals surface area contributed by atoms with Gasteiger partial charge in [0.1, 0.15) is 5.01 Å². The molecule has 92 valence electrons. The van der Waals surface area contributed by atoms with Crippen molar-refractivity contribution >= 4 is 11.3 Å². The lowest BCUT2D eigenvalue weighted by Crippen LogP contribution is -2.31. The molecule has 0 amide bonds. The molecule has 0 aliphatic heterocycles. The third-order valence-corrected chi connectivity index (χ3v) is 3.25. The van der Waals surface area contributed by atoms with Crippen LogP contribution in [0.3, 0.4) is 0 Å². The molecule has 1 rings (SSSR count). The maximum absolute atomic E-state index is 5.19. The monoisotopic (exact) mass is 244 g/mol. The summed E-state index contributed by atoms with van der Waals surface area (Å²) in [6.07, 6.45) is 1.84. The molecule has 0 saturated heterocycles. The molecule has 4 nitrogen and oxygen atoms in total. The number of nitrogens with one attached hydrogen (secondary N) is 1. The van der Waals surface area contributed by atoms with E-state index in [0.29, 0.717) is 12.5 Å². The number of hydrogen-bond acceptors (Lipinski definition) is 5. The van der Waals surface area contributed by atoms with Crippen molar-refractivity contribution in [2.24, 2.45) is 5.92 Å². The summed E-state index contributed by atoms with van der Waals surface area (Å²) in [6, 6.07) is 0.245. The highest BCUT2D eigenvalue weighted by Crippen LogP contribution is 2.23. The largest absolute Gasteiger partial charge is 0.384 e. The summed E-state index contributed by atoms with van der Waals surface area (Å²) >= 11 is 1.67. The Morgan fingerprint density at radius 2 is 2.25 bits per heavy atom. The Hall–Kier alpha value is -0.490. The van der Waals surface area contributed by atoms with Crippen LogP contribution in [0.4, 0.5) is 0 Å². The van der Waals surface area contributed by atoms with E-state index >= 15 is 0 Å². The van der Waals surface area contributed by atoms with Crippen LogP contribution < -0.4 is 5.32 Å². The fourth-order valence-corrected chi connectivity index (χ4v) is 2.44. The Morgan fingerprint density at radius 1 is 1.44 bits per heavy atom. The van der Waals surface area contributed by atoms with Gasteiger partial charge in [0.25, 0.3) is 0 Å². The number of hydrogen-bond donors (Lipinski definition) is 1. The molecule has 0 aromatic carbocycles. The number of aromatic nitrogens is 1. The zero-order chi connectivity index (χ0) is 11.8. The summed E-state index contributed by atoms with van der Waals surface area (Å²) in [4.78, 5) is 4.36. The molecule has 2 unspecified atom stereocenters. The summed E-state index contributed by atoms with van der Waals surface area (Å²) in [7, 11) is 3.43. The maximum Gasteiger partial charge on any atom is 0.110 e. The SMILES string of the molecule is COCCNC(c1nccs1)C(C)COC. The first-order chi connectivity index (χ1) is 7.79. The predicted molar refractivity (Wildman–Crippen MR) is 65.8 cm³/mol. The Morgan fingerprint density at radius 3 is 2.81 bits per heavy atom. The van der Waals surface area contributed by atoms with E-state index in [0.717, 1.165) is 18.2 Å². The zero-order valence-electron chi connectivity index (χ0n) is 10.1. The first-order valence-corrected chi connectivity index (χ1v) is 6.28. The fraction of sp³-hybridized carbons (Fsp3) is 0.727. The van der Waals surface area contributed by atoms with Gasteiger partial charge in [0.15, 0.2) is 0 Å². The molecular weight excluding hydrogens is 224 g/mol. The number of rotatable bonds is 8. The molecule has 1 heterocycles. The van der Waals surface area contributed by atoms with Gasteiger partial charge in [-0.05, 0) is 0 Å². The maximum atomic E-state index is 5.19. The molecular formula is C11H20N2O2S. The summed E-state index contributed by atoms with van der Waals surface area (Å²) in [6.45, 7) is 4.43. The van der Waals surface area contributed by atoms with Crippen molar-refractivity contribution in [2.45, 2.75) is 13.0 Å². The van der Waals surface area contributed by atoms with E-state index < -0.39 is 0 Å². The van der Waals surface area contributed by atoms with Gasteiger partial charge in [0.05, 0.1) is 19.3 Å². The van der Waals surface area contributed by atoms with E-state index in [1.807, 2.05) is 11.6 Å². The van der Waals surface area contributed by atoms with E-state index in [1.165, 1.54) is 0 Å². The van der Waals surface area contributed by atoms with E-state index in [-0.39, 0.29) is 6.04 Å². The number of methoxy groups -OCH3 is 2. The Balaban J connectivity index is 2.54. The second-order valence-electron chi connectivity index (χ2n) is 3.73. The highest BCUT2D eigenvalue weighted by atomic mass is 32.1. The summed E-state index contributed by atoms with van der Waals surface area (Å²) in [5.74, 6) is 0.396. The fourth-order valence-electron chi connectivity index (χ4n) is 1.60. The Kier molecular flexibility index (Phi) is 6.56. The van der Waals surface area contributed by atoms with Crippen molar-refractivity contribution in [1.82, 2.24) is 10.3 Å². The number of thiazole rings is 1. The van der Waals surface area contributed by atoms with Gasteiger partial charge < -0.3 is 14.8 Å². The van der Waals surface area contributed by atoms with Crippen LogP contribution in [0.25, 0.3) is 0 Å². The minimum Gasteiger partial charge on any atom is -0.384 e. The lowest BCUT2D eigenvalue weighted by molar-refractivity contribution is 0.133. The van der Waals surface area contributed by atoms with Crippen molar-refractivity contribution in [1.29, 1.82) is 0 Å². The second kappa shape index (κ2) is 7.73. The van der Waals surface area contributed by atoms with Gasteiger partial charge in [-0.1, -0.05) is 6.92 Å². The average Bonchev–Trinajstić information content (AvgIpc) is 2.78. The molecule has 0 aliphatic carbocycles. The molecule has 5 heteroatoms. The molecule has 1 aromatic rings. The van der Waals surface area contributed by atoms with Crippen molar-refractivity contribution in [3.8, 4) is 0 Å². The van der Waals surface area contributed by atoms with Gasteiger partial charge in [-0.15, -0.1) is 11.3 Å². The molecule has 0 spiro atoms. The van der Waals surface area contributed by atoms with Crippen molar-refractivity contribution in [2.75, 3.05) is 34.0 Å². The van der Waals surface area contributed by atoms with Gasteiger partial charge in [-0.3, -0.25) is 0 Å². The highest BCUT2D eigenvalue weighted by Gasteiger charge is 2.20. The molecule has 16 heavy (non-hydrogen) atoms. The van der Waals surface area contributed by atoms with Crippen LogP contribution in [0.1, 0.15) is 18.0 Å². The van der Waals surface area contributed by atoms with Gasteiger partial charge in [-0.2, -0.15) is 0 Å². The van der Waals surface area contributed by atoms with Crippen LogP contribution in [0, 0.1) is 5.92 Å². The molecule has 0 saturated carbocycles. The van der Waals surface area contributed by atoms with Crippen molar-refractivity contribution in [3.63, 3.8) is 0 Å². The lowest BCUT2D eigenvalue weighted by Gasteiger charge is -2.22. The van der Waals surface area contributed by atoms with Gasteiger partial charge >= 0.3 is 0 Å². The van der Waals surface area contributed by atoms with E-state index in [2.05, 4.69) is 17.2 Å². The van der Waals surface area contributed by atoms with E-state index in [9.17, 15) is 0 Å². The van der Waals surface area contributed by atoms with Crippen LogP contribution in [0.2, 0.25) is 0 Å².